The van der Waals surface area contributed by atoms with E-state index in [4.69, 9.17) is 9.98 Å². The number of nitrogens with one attached hydrogen (secondary N) is 6. The van der Waals surface area contributed by atoms with Gasteiger partial charge in [-0.3, -0.25) is 0 Å². The molecule has 7 unspecified atom stereocenters. The van der Waals surface area contributed by atoms with Gasteiger partial charge < -0.3 is 30.9 Å². The van der Waals surface area contributed by atoms with Crippen LogP contribution in [0.1, 0.15) is 250 Å². The number of nitrogens with zero attached hydrogens (tertiary/aromatic N) is 2. The molecule has 6 N–H and O–H groups in total. The standard InChI is InChI=1S/C75H106N8/c1-17-42-46(21-5)64-38-68-50(25-9)54(29-13)72(80-68)58(73-55(30-14)51(26-10)69(81-73)39-65-47(22-6)43(18-2)61(77-65)36-60(42)76-64)34-33-35-59-74-56(31-15)52(27-11)70(82-74)40-66-48(23-7)44(19-3)62(78-66)37-63-45(20-4)49(24-8)67(79-63)41-71-53(28-12)57(32-16)75(59)83-71/h36-41,50,52,54,56,58,72-74,76,78,80-83H,17-35H2,1-16H3/b61-36-,63-37-,68-38-,69-39-,70-40-,71-41-,75-59-/t50?,52?,54?,56?,58?,72?,73-,74?/m0/s1. The second-order valence-electron chi connectivity index (χ2n) is 25.0. The van der Waals surface area contributed by atoms with Crippen molar-refractivity contribution in [1.29, 1.82) is 0 Å². The van der Waals surface area contributed by atoms with Crippen molar-refractivity contribution in [1.82, 2.24) is 30.9 Å². The van der Waals surface area contributed by atoms with E-state index in [1.807, 2.05) is 0 Å². The largest absolute Gasteiger partial charge is 0.385 e. The molecular weight excluding hydrogens is 1010 g/mol. The molecule has 0 aromatic carbocycles. The number of aromatic nitrogens is 3. The highest BCUT2D eigenvalue weighted by atomic mass is 15.1. The van der Waals surface area contributed by atoms with Crippen molar-refractivity contribution in [2.45, 2.75) is 251 Å². The third-order valence-corrected chi connectivity index (χ3v) is 21.4. The van der Waals surface area contributed by atoms with Crippen molar-refractivity contribution in [2.75, 3.05) is 0 Å². The summed E-state index contributed by atoms with van der Waals surface area (Å²) in [5, 5.41) is 16.0. The second-order valence-corrected chi connectivity index (χ2v) is 25.0. The zero-order valence-electron chi connectivity index (χ0n) is 54.4. The average molecular weight is 1120 g/mol. The zero-order valence-corrected chi connectivity index (χ0v) is 54.4. The van der Waals surface area contributed by atoms with Crippen LogP contribution in [0.3, 0.4) is 0 Å². The summed E-state index contributed by atoms with van der Waals surface area (Å²) in [5.41, 5.74) is 32.6. The maximum Gasteiger partial charge on any atom is 0.0693 e. The molecule has 0 radical (unpaired) electrons. The molecule has 83 heavy (non-hydrogen) atoms. The fraction of sp³-hybridized carbons (Fsp3) is 0.573. The molecule has 3 aromatic heterocycles. The maximum atomic E-state index is 5.60. The minimum absolute atomic E-state index is 0.205. The average Bonchev–Trinajstić information content (AvgIpc) is 4.59. The number of hydrogen-bond acceptors (Lipinski definition) is 5. The maximum absolute atomic E-state index is 5.60. The summed E-state index contributed by atoms with van der Waals surface area (Å²) in [4.78, 5) is 23.6. The highest BCUT2D eigenvalue weighted by Crippen LogP contribution is 2.47. The molecule has 0 saturated carbocycles. The molecular formula is C75H106N8. The van der Waals surface area contributed by atoms with Gasteiger partial charge in [0.25, 0.3) is 0 Å². The van der Waals surface area contributed by atoms with Crippen molar-refractivity contribution in [3.05, 3.63) is 135 Å². The van der Waals surface area contributed by atoms with E-state index in [1.54, 1.807) is 11.1 Å². The lowest BCUT2D eigenvalue weighted by Crippen LogP contribution is -2.46. The summed E-state index contributed by atoms with van der Waals surface area (Å²) in [6, 6.07) is 0.731. The van der Waals surface area contributed by atoms with Gasteiger partial charge >= 0.3 is 0 Å². The Morgan fingerprint density at radius 2 is 0.843 bits per heavy atom. The summed E-state index contributed by atoms with van der Waals surface area (Å²) >= 11 is 0. The Bertz CT molecular complexity index is 3420. The van der Waals surface area contributed by atoms with Crippen LogP contribution in [0.25, 0.3) is 36.0 Å². The van der Waals surface area contributed by atoms with E-state index < -0.39 is 0 Å². The molecule has 8 heteroatoms. The Morgan fingerprint density at radius 3 is 1.31 bits per heavy atom. The molecule has 7 aliphatic heterocycles. The van der Waals surface area contributed by atoms with E-state index in [0.717, 1.165) is 145 Å². The first-order chi connectivity index (χ1) is 40.4. The first kappa shape index (κ1) is 60.4. The van der Waals surface area contributed by atoms with Crippen molar-refractivity contribution in [3.63, 3.8) is 0 Å². The number of fused-ring (bicyclic) bond motifs is 14. The molecule has 0 amide bonds. The van der Waals surface area contributed by atoms with Crippen LogP contribution in [0.5, 0.6) is 0 Å². The number of allylic oxidation sites excluding steroid dienone is 8. The summed E-state index contributed by atoms with van der Waals surface area (Å²) in [5.74, 6) is 2.20. The molecule has 2 fully saturated rings. The van der Waals surface area contributed by atoms with Crippen LogP contribution in [-0.4, -0.2) is 44.5 Å². The van der Waals surface area contributed by atoms with Gasteiger partial charge in [-0.15, -0.1) is 0 Å². The minimum atomic E-state index is 0.205. The summed E-state index contributed by atoms with van der Waals surface area (Å²) < 4.78 is 0. The molecule has 0 spiro atoms. The lowest BCUT2D eigenvalue weighted by molar-refractivity contribution is 0.230. The van der Waals surface area contributed by atoms with E-state index in [2.05, 4.69) is 178 Å². The van der Waals surface area contributed by atoms with Gasteiger partial charge in [0.15, 0.2) is 0 Å². The molecule has 10 rings (SSSR count). The molecule has 8 atom stereocenters. The molecule has 7 aliphatic rings. The van der Waals surface area contributed by atoms with Gasteiger partial charge in [-0.1, -0.05) is 124 Å². The fourth-order valence-electron chi connectivity index (χ4n) is 17.7. The molecule has 0 aliphatic carbocycles. The first-order valence-corrected chi connectivity index (χ1v) is 34.1. The third-order valence-electron chi connectivity index (χ3n) is 21.4. The Kier molecular flexibility index (Phi) is 18.8. The van der Waals surface area contributed by atoms with Gasteiger partial charge in [0.2, 0.25) is 0 Å². The summed E-state index contributed by atoms with van der Waals surface area (Å²) in [7, 11) is 0. The number of H-pyrrole nitrogens is 3. The minimum Gasteiger partial charge on any atom is -0.385 e. The SMILES string of the molecule is CCC1=C(CC)/C2=C/c3[nH]c(c(CC)c3CC)/C=C3\NC(/C(CCCC4C5N/C(=C\c6[nH]c(c(CC)c6CC)/C=C6N=C(/C=C7\N[C@H]4C(CC)=C7CC)C(CC)=C\6CC)C(CC)C5CC)=c4\[nH]/c(c(CC)c4CC)=C\C1=N2)C(CC)C3CC. The monoisotopic (exact) mass is 1120 g/mol. The van der Waals surface area contributed by atoms with Gasteiger partial charge in [-0.05, 0) is 230 Å². The van der Waals surface area contributed by atoms with Crippen LogP contribution in [0.4, 0.5) is 0 Å². The fourth-order valence-corrected chi connectivity index (χ4v) is 17.7. The van der Waals surface area contributed by atoms with E-state index in [9.17, 15) is 0 Å². The Morgan fingerprint density at radius 1 is 0.373 bits per heavy atom. The second kappa shape index (κ2) is 25.8. The predicted octanol–water partition coefficient (Wildman–Crippen LogP) is 16.7. The normalized spacial score (nSPS) is 29.0. The smallest absolute Gasteiger partial charge is 0.0693 e. The van der Waals surface area contributed by atoms with E-state index in [-0.39, 0.29) is 12.1 Å². The zero-order chi connectivity index (χ0) is 59.0. The lowest BCUT2D eigenvalue weighted by Gasteiger charge is -2.36. The molecule has 2 saturated heterocycles. The van der Waals surface area contributed by atoms with Gasteiger partial charge in [0.05, 0.1) is 34.9 Å². The summed E-state index contributed by atoms with van der Waals surface area (Å²) in [6.07, 6.45) is 34.3. The van der Waals surface area contributed by atoms with Crippen molar-refractivity contribution in [3.8, 4) is 0 Å². The first-order valence-electron chi connectivity index (χ1n) is 34.1. The predicted molar refractivity (Wildman–Crippen MR) is 357 cm³/mol. The van der Waals surface area contributed by atoms with Crippen LogP contribution < -0.4 is 26.6 Å². The molecule has 3 aromatic rings. The highest BCUT2D eigenvalue weighted by molar-refractivity contribution is 6.23. The van der Waals surface area contributed by atoms with Crippen LogP contribution in [0.2, 0.25) is 0 Å². The van der Waals surface area contributed by atoms with Crippen LogP contribution in [-0.2, 0) is 38.5 Å². The van der Waals surface area contributed by atoms with Gasteiger partial charge in [0, 0.05) is 74.4 Å². The van der Waals surface area contributed by atoms with Crippen molar-refractivity contribution in [2.24, 2.45) is 39.6 Å². The third kappa shape index (κ3) is 10.5. The van der Waals surface area contributed by atoms with Crippen LogP contribution in [0.15, 0.2) is 78.0 Å². The van der Waals surface area contributed by atoms with Crippen LogP contribution in [0, 0.1) is 29.6 Å². The Hall–Kier alpha value is -5.76. The molecule has 10 heterocycles. The number of hydrogen-bond donors (Lipinski definition) is 6. The number of aliphatic imine (C=N–C) groups is 2. The van der Waals surface area contributed by atoms with Gasteiger partial charge in [-0.25, -0.2) is 9.98 Å². The Labute approximate surface area is 501 Å². The Balaban J connectivity index is 1.17. The van der Waals surface area contributed by atoms with Crippen LogP contribution >= 0.6 is 0 Å². The lowest BCUT2D eigenvalue weighted by atomic mass is 9.74. The topological polar surface area (TPSA) is 108 Å². The molecule has 8 nitrogen and oxygen atoms in total. The van der Waals surface area contributed by atoms with Gasteiger partial charge in [-0.2, -0.15) is 0 Å². The molecule has 446 valence electrons. The quantitative estimate of drug-likeness (QED) is 0.0678. The van der Waals surface area contributed by atoms with Crippen molar-refractivity contribution >= 4 is 47.4 Å². The molecule has 16 bridgehead atoms. The van der Waals surface area contributed by atoms with E-state index in [0.29, 0.717) is 35.6 Å². The highest BCUT2D eigenvalue weighted by Gasteiger charge is 2.47. The van der Waals surface area contributed by atoms with E-state index >= 15 is 0 Å². The van der Waals surface area contributed by atoms with Crippen molar-refractivity contribution < 1.29 is 0 Å². The number of rotatable bonds is 20. The number of aromatic amines is 3. The summed E-state index contributed by atoms with van der Waals surface area (Å²) in [6.45, 7) is 38.0. The van der Waals surface area contributed by atoms with Gasteiger partial charge in [0.1, 0.15) is 0 Å². The van der Waals surface area contributed by atoms with E-state index in [1.165, 1.54) is 112 Å².